The Morgan fingerprint density at radius 3 is 2.34 bits per heavy atom. The highest BCUT2D eigenvalue weighted by Crippen LogP contribution is 2.27. The molecule has 5 rings (SSSR count). The molecule has 1 aromatic heterocycles. The Morgan fingerprint density at radius 2 is 1.64 bits per heavy atom. The van der Waals surface area contributed by atoms with Crippen LogP contribution in [0.25, 0.3) is 17.0 Å². The Hall–Kier alpha value is -6.43. The Labute approximate surface area is 370 Å². The Bertz CT molecular complexity index is 2290. The zero-order valence-corrected chi connectivity index (χ0v) is 35.2. The van der Waals surface area contributed by atoms with Crippen LogP contribution in [0.15, 0.2) is 60.8 Å². The van der Waals surface area contributed by atoms with Gasteiger partial charge in [0.05, 0.1) is 62.2 Å². The molecule has 2 fully saturated rings. The van der Waals surface area contributed by atoms with Crippen LogP contribution in [0.1, 0.15) is 36.8 Å². The average Bonchev–Trinajstić information content (AvgIpc) is 3.73. The summed E-state index contributed by atoms with van der Waals surface area (Å²) >= 11 is 6.14. The predicted molar refractivity (Wildman–Crippen MR) is 226 cm³/mol. The molecular weight excluding hydrogens is 862 g/mol. The maximum absolute atomic E-state index is 13.6. The summed E-state index contributed by atoms with van der Waals surface area (Å²) in [5.41, 5.74) is 4.46. The molecule has 0 radical (unpaired) electrons. The number of nitrogens with two attached hydrogens (primary N) is 1. The lowest BCUT2D eigenvalue weighted by atomic mass is 9.95. The van der Waals surface area contributed by atoms with Gasteiger partial charge in [0.1, 0.15) is 12.1 Å². The zero-order valence-electron chi connectivity index (χ0n) is 34.4. The number of nitrogens with one attached hydrogen (secondary N) is 6. The molecule has 23 heteroatoms. The van der Waals surface area contributed by atoms with Gasteiger partial charge in [0, 0.05) is 36.6 Å². The number of carbonyl (C=O) groups is 8. The van der Waals surface area contributed by atoms with E-state index >= 15 is 0 Å². The number of likely N-dealkylation sites (N-methyl/N-ethyl adjacent to an activating group) is 1. The van der Waals surface area contributed by atoms with Crippen molar-refractivity contribution < 1.29 is 63.9 Å². The van der Waals surface area contributed by atoms with Crippen LogP contribution in [-0.2, 0) is 40.0 Å². The van der Waals surface area contributed by atoms with Gasteiger partial charge in [0.25, 0.3) is 5.91 Å². The minimum atomic E-state index is -2.49. The first-order valence-corrected chi connectivity index (χ1v) is 20.4. The van der Waals surface area contributed by atoms with Crippen molar-refractivity contribution in [2.24, 2.45) is 5.73 Å². The van der Waals surface area contributed by atoms with Crippen molar-refractivity contribution in [2.75, 3.05) is 26.7 Å². The molecule has 2 aliphatic rings. The van der Waals surface area contributed by atoms with Gasteiger partial charge in [0.15, 0.2) is 11.8 Å². The molecule has 0 spiro atoms. The molecule has 64 heavy (non-hydrogen) atoms. The van der Waals surface area contributed by atoms with Gasteiger partial charge in [-0.1, -0.05) is 60.2 Å². The molecular formula is C41H50ClN9O13. The number of β-amino-alcohol motifs (C(OH)–C–C–N with tert-alkyl or cyclic N) is 1. The molecule has 22 nitrogen and oxygen atoms in total. The minimum Gasteiger partial charge on any atom is -0.391 e. The number of aromatic nitrogens is 1. The molecule has 0 saturated carbocycles. The number of benzene rings is 2. The van der Waals surface area contributed by atoms with Gasteiger partial charge in [-0.05, 0) is 29.7 Å². The number of amides is 8. The van der Waals surface area contributed by atoms with Crippen LogP contribution in [0.3, 0.4) is 0 Å². The fourth-order valence-electron chi connectivity index (χ4n) is 7.20. The van der Waals surface area contributed by atoms with Gasteiger partial charge in [-0.2, -0.15) is 0 Å². The molecule has 2 saturated heterocycles. The largest absolute Gasteiger partial charge is 0.391 e. The van der Waals surface area contributed by atoms with Crippen molar-refractivity contribution in [3.8, 4) is 0 Å². The summed E-state index contributed by atoms with van der Waals surface area (Å²) in [6.07, 6.45) is -6.04. The van der Waals surface area contributed by atoms with E-state index in [9.17, 15) is 63.9 Å². The average molecular weight is 912 g/mol. The van der Waals surface area contributed by atoms with Crippen molar-refractivity contribution in [3.63, 3.8) is 0 Å². The first-order chi connectivity index (χ1) is 30.2. The summed E-state index contributed by atoms with van der Waals surface area (Å²) in [6, 6.07) is 7.54. The molecule has 0 bridgehead atoms. The highest BCUT2D eigenvalue weighted by molar-refractivity contribution is 6.31. The second-order valence-corrected chi connectivity index (χ2v) is 16.0. The normalized spacial score (nSPS) is 26.0. The van der Waals surface area contributed by atoms with E-state index in [1.165, 1.54) is 31.5 Å². The van der Waals surface area contributed by atoms with Crippen molar-refractivity contribution in [3.05, 3.63) is 77.0 Å². The highest BCUT2D eigenvalue weighted by atomic mass is 35.5. The van der Waals surface area contributed by atoms with E-state index in [1.807, 2.05) is 0 Å². The highest BCUT2D eigenvalue weighted by Gasteiger charge is 2.49. The molecule has 0 aliphatic carbocycles. The number of nitrogens with zero attached hydrogens (tertiary/aromatic N) is 2. The van der Waals surface area contributed by atoms with E-state index in [2.05, 4.69) is 31.9 Å². The maximum Gasteiger partial charge on any atom is 0.323 e. The summed E-state index contributed by atoms with van der Waals surface area (Å²) in [4.78, 5) is 106. The van der Waals surface area contributed by atoms with Crippen molar-refractivity contribution >= 4 is 76.0 Å². The number of aliphatic hydroxyl groups excluding tert-OH is 4. The quantitative estimate of drug-likeness (QED) is 0.109. The third-order valence-corrected chi connectivity index (χ3v) is 10.8. The Balaban J connectivity index is 1.39. The smallest absolute Gasteiger partial charge is 0.323 e. The number of primary amides is 1. The van der Waals surface area contributed by atoms with Gasteiger partial charge in [-0.3, -0.25) is 38.1 Å². The Morgan fingerprint density at radius 1 is 0.922 bits per heavy atom. The molecule has 344 valence electrons. The molecule has 2 aliphatic heterocycles. The lowest BCUT2D eigenvalue weighted by Gasteiger charge is -2.34. The number of hydrogen-bond acceptors (Lipinski definition) is 13. The van der Waals surface area contributed by atoms with Gasteiger partial charge >= 0.3 is 6.03 Å². The van der Waals surface area contributed by atoms with Crippen LogP contribution in [0.4, 0.5) is 4.79 Å². The van der Waals surface area contributed by atoms with E-state index in [1.54, 1.807) is 42.5 Å². The number of rotatable bonds is 7. The zero-order chi connectivity index (χ0) is 46.9. The fraction of sp³-hybridized carbons (Fsp3) is 0.415. The number of aliphatic hydroxyl groups is 5. The standard InChI is InChI=1S/C41H50ClN9O13/c1-50-20-33(57)46-26(12-22-19-51(40(43)63)27-13-23(42)10-11-25(22)27)38(61)45-18-32(56)44-17-24(52)14-30(54)48-35(36(59)28(53)9-5-8-21-6-3-2-4-7-21)37(60)39(62)47-29-15-31(55)49-41(29,64)16-34(50)58/h2-8,10-11,13,19,24,26,28-29,35-37,52-53,59-60,64H,9,12,14-18,20H2,1H3,(H2,43,63)(H,44,56)(H,45,61)(H,46,57)(H,47,62)(H,48,54)(H,49,55)/b8-5+/t24-,26-,28+,29-,35-,36-,37+,41-/m1/s1. The van der Waals surface area contributed by atoms with Crippen LogP contribution in [-0.4, -0.2) is 157 Å². The minimum absolute atomic E-state index is 0.230. The summed E-state index contributed by atoms with van der Waals surface area (Å²) in [5, 5.41) is 70.1. The number of halogens is 1. The molecule has 0 unspecified atom stereocenters. The van der Waals surface area contributed by atoms with Gasteiger partial charge in [-0.15, -0.1) is 0 Å². The molecule has 3 heterocycles. The van der Waals surface area contributed by atoms with Gasteiger partial charge in [-0.25, -0.2) is 4.79 Å². The lowest BCUT2D eigenvalue weighted by molar-refractivity contribution is -0.145. The molecule has 8 atom stereocenters. The van der Waals surface area contributed by atoms with Crippen molar-refractivity contribution in [1.82, 2.24) is 41.4 Å². The van der Waals surface area contributed by atoms with E-state index in [-0.39, 0.29) is 17.9 Å². The van der Waals surface area contributed by atoms with Crippen molar-refractivity contribution in [2.45, 2.75) is 80.4 Å². The molecule has 13 N–H and O–H groups in total. The van der Waals surface area contributed by atoms with Gasteiger partial charge in [0.2, 0.25) is 35.4 Å². The maximum atomic E-state index is 13.6. The monoisotopic (exact) mass is 911 g/mol. The third-order valence-electron chi connectivity index (χ3n) is 10.6. The van der Waals surface area contributed by atoms with E-state index in [0.29, 0.717) is 16.5 Å². The van der Waals surface area contributed by atoms with Crippen LogP contribution < -0.4 is 37.6 Å². The van der Waals surface area contributed by atoms with Gasteiger partial charge < -0.3 is 68.1 Å². The van der Waals surface area contributed by atoms with Crippen molar-refractivity contribution in [1.29, 1.82) is 0 Å². The van der Waals surface area contributed by atoms with Crippen LogP contribution >= 0.6 is 11.6 Å². The van der Waals surface area contributed by atoms with E-state index in [4.69, 9.17) is 17.3 Å². The predicted octanol–water partition coefficient (Wildman–Crippen LogP) is -3.54. The molecule has 3 aromatic rings. The third kappa shape index (κ3) is 12.6. The second kappa shape index (κ2) is 21.3. The number of carbonyl (C=O) groups excluding carboxylic acids is 8. The first-order valence-electron chi connectivity index (χ1n) is 20.0. The number of hydrogen-bond donors (Lipinski definition) is 12. The lowest BCUT2D eigenvalue weighted by Crippen LogP contribution is -2.63. The van der Waals surface area contributed by atoms with E-state index < -0.39 is 135 Å². The van der Waals surface area contributed by atoms with Crippen LogP contribution in [0, 0.1) is 0 Å². The van der Waals surface area contributed by atoms with E-state index in [0.717, 1.165) is 15.0 Å². The molecule has 2 aromatic carbocycles. The fourth-order valence-corrected chi connectivity index (χ4v) is 7.37. The topological polar surface area (TPSA) is 344 Å². The summed E-state index contributed by atoms with van der Waals surface area (Å²) < 4.78 is 1.08. The second-order valence-electron chi connectivity index (χ2n) is 15.5. The Kier molecular flexibility index (Phi) is 16.2. The SMILES string of the molecule is CN1CC(=O)N[C@H](Cc2cn(C(N)=O)c3cc(Cl)ccc23)C(=O)NCC(=O)NC[C@H](O)CC(=O)N[C@H]([C@H](O)[C@@H](O)C/C=C/c2ccccc2)[C@H](O)C(=O)N[C@@H]2CC(=O)N[C@@]2(O)CC1=O. The summed E-state index contributed by atoms with van der Waals surface area (Å²) in [5.74, 6) is -6.82. The van der Waals surface area contributed by atoms with Crippen LogP contribution in [0.5, 0.6) is 0 Å². The summed E-state index contributed by atoms with van der Waals surface area (Å²) in [7, 11) is 1.17. The molecule has 8 amide bonds. The van der Waals surface area contributed by atoms with Crippen LogP contribution in [0.2, 0.25) is 5.02 Å². The number of fused-ring (bicyclic) bond motifs is 2. The summed E-state index contributed by atoms with van der Waals surface area (Å²) in [6.45, 7) is -1.97. The first kappa shape index (κ1) is 48.6.